The van der Waals surface area contributed by atoms with E-state index in [0.717, 1.165) is 15.9 Å². The van der Waals surface area contributed by atoms with Crippen molar-refractivity contribution in [2.24, 2.45) is 16.7 Å². The molecule has 0 aliphatic heterocycles. The van der Waals surface area contributed by atoms with E-state index in [4.69, 9.17) is 0 Å². The SMILES string of the molecule is CC1(C)C(CNC(=O)c2csc(Br)c2)C1(C)C. The Morgan fingerprint density at radius 1 is 1.41 bits per heavy atom. The molecule has 1 N–H and O–H groups in total. The fourth-order valence-corrected chi connectivity index (χ4v) is 3.71. The van der Waals surface area contributed by atoms with Gasteiger partial charge < -0.3 is 5.32 Å². The van der Waals surface area contributed by atoms with E-state index in [2.05, 4.69) is 48.9 Å². The van der Waals surface area contributed by atoms with Gasteiger partial charge >= 0.3 is 0 Å². The highest BCUT2D eigenvalue weighted by atomic mass is 79.9. The van der Waals surface area contributed by atoms with E-state index >= 15 is 0 Å². The van der Waals surface area contributed by atoms with E-state index < -0.39 is 0 Å². The Hall–Kier alpha value is -0.350. The largest absolute Gasteiger partial charge is 0.352 e. The summed E-state index contributed by atoms with van der Waals surface area (Å²) in [5.41, 5.74) is 1.41. The van der Waals surface area contributed by atoms with Crippen molar-refractivity contribution in [2.45, 2.75) is 27.7 Å². The predicted molar refractivity (Wildman–Crippen MR) is 75.4 cm³/mol. The highest BCUT2D eigenvalue weighted by molar-refractivity contribution is 9.11. The summed E-state index contributed by atoms with van der Waals surface area (Å²) in [5.74, 6) is 0.603. The minimum atomic E-state index is 0.0328. The highest BCUT2D eigenvalue weighted by Gasteiger charge is 2.64. The number of carbonyl (C=O) groups is 1. The van der Waals surface area contributed by atoms with Crippen molar-refractivity contribution in [3.05, 3.63) is 20.8 Å². The summed E-state index contributed by atoms with van der Waals surface area (Å²) in [6.07, 6.45) is 0. The molecule has 94 valence electrons. The number of thiophene rings is 1. The summed E-state index contributed by atoms with van der Waals surface area (Å²) in [6.45, 7) is 9.85. The van der Waals surface area contributed by atoms with Crippen molar-refractivity contribution in [3.63, 3.8) is 0 Å². The van der Waals surface area contributed by atoms with Gasteiger partial charge in [0.15, 0.2) is 0 Å². The highest BCUT2D eigenvalue weighted by Crippen LogP contribution is 2.67. The topological polar surface area (TPSA) is 29.1 Å². The maximum absolute atomic E-state index is 11.9. The summed E-state index contributed by atoms with van der Waals surface area (Å²) in [6, 6.07) is 1.86. The van der Waals surface area contributed by atoms with Crippen LogP contribution in [0.1, 0.15) is 38.1 Å². The molecule has 1 heterocycles. The van der Waals surface area contributed by atoms with Gasteiger partial charge in [0.25, 0.3) is 5.91 Å². The molecule has 0 saturated heterocycles. The van der Waals surface area contributed by atoms with E-state index in [1.165, 1.54) is 11.3 Å². The average Bonchev–Trinajstić information content (AvgIpc) is 2.55. The van der Waals surface area contributed by atoms with Crippen molar-refractivity contribution in [3.8, 4) is 0 Å². The molecule has 1 fully saturated rings. The molecule has 1 aliphatic rings. The van der Waals surface area contributed by atoms with E-state index in [0.29, 0.717) is 16.7 Å². The maximum atomic E-state index is 11.9. The van der Waals surface area contributed by atoms with E-state index in [-0.39, 0.29) is 5.91 Å². The van der Waals surface area contributed by atoms with Gasteiger partial charge in [0.2, 0.25) is 0 Å². The third kappa shape index (κ3) is 2.17. The van der Waals surface area contributed by atoms with Crippen LogP contribution in [0.4, 0.5) is 0 Å². The predicted octanol–water partition coefficient (Wildman–Crippen LogP) is 3.92. The van der Waals surface area contributed by atoms with E-state index in [1.807, 2.05) is 11.4 Å². The maximum Gasteiger partial charge on any atom is 0.252 e. The molecule has 0 atom stereocenters. The number of hydrogen-bond acceptors (Lipinski definition) is 2. The molecule has 4 heteroatoms. The summed E-state index contributed by atoms with van der Waals surface area (Å²) >= 11 is 4.91. The Bertz CT molecular complexity index is 436. The van der Waals surface area contributed by atoms with E-state index in [9.17, 15) is 4.79 Å². The lowest BCUT2D eigenvalue weighted by Crippen LogP contribution is -2.26. The van der Waals surface area contributed by atoms with Crippen molar-refractivity contribution < 1.29 is 4.79 Å². The summed E-state index contributed by atoms with van der Waals surface area (Å²) in [5, 5.41) is 4.91. The summed E-state index contributed by atoms with van der Waals surface area (Å²) in [7, 11) is 0. The summed E-state index contributed by atoms with van der Waals surface area (Å²) < 4.78 is 0.995. The zero-order chi connectivity index (χ0) is 12.8. The first-order valence-corrected chi connectivity index (χ1v) is 7.46. The van der Waals surface area contributed by atoms with Gasteiger partial charge in [-0.05, 0) is 38.7 Å². The van der Waals surface area contributed by atoms with Gasteiger partial charge in [0.1, 0.15) is 0 Å². The molecule has 0 aromatic carbocycles. The number of nitrogens with one attached hydrogen (secondary N) is 1. The molecule has 17 heavy (non-hydrogen) atoms. The molecule has 1 saturated carbocycles. The van der Waals surface area contributed by atoms with Gasteiger partial charge in [0.05, 0.1) is 9.35 Å². The Morgan fingerprint density at radius 3 is 2.41 bits per heavy atom. The van der Waals surface area contributed by atoms with Crippen molar-refractivity contribution in [1.82, 2.24) is 5.32 Å². The monoisotopic (exact) mass is 315 g/mol. The number of carbonyl (C=O) groups excluding carboxylic acids is 1. The molecule has 0 bridgehead atoms. The third-order valence-corrected chi connectivity index (χ3v) is 6.12. The van der Waals surface area contributed by atoms with Gasteiger partial charge in [-0.25, -0.2) is 0 Å². The fourth-order valence-electron chi connectivity index (χ4n) is 2.57. The van der Waals surface area contributed by atoms with Gasteiger partial charge in [0, 0.05) is 11.9 Å². The molecule has 0 radical (unpaired) electrons. The Balaban J connectivity index is 1.91. The van der Waals surface area contributed by atoms with Crippen LogP contribution in [0.3, 0.4) is 0 Å². The van der Waals surface area contributed by atoms with Crippen LogP contribution in [0.2, 0.25) is 0 Å². The number of amides is 1. The van der Waals surface area contributed by atoms with Gasteiger partial charge in [-0.15, -0.1) is 11.3 Å². The van der Waals surface area contributed by atoms with Crippen LogP contribution >= 0.6 is 27.3 Å². The van der Waals surface area contributed by atoms with E-state index in [1.54, 1.807) is 0 Å². The van der Waals surface area contributed by atoms with Gasteiger partial charge in [-0.2, -0.15) is 0 Å². The van der Waals surface area contributed by atoms with Crippen LogP contribution < -0.4 is 5.32 Å². The van der Waals surface area contributed by atoms with Crippen LogP contribution in [0.5, 0.6) is 0 Å². The normalized spacial score (nSPS) is 21.2. The second-order valence-electron chi connectivity index (χ2n) is 5.85. The molecular weight excluding hydrogens is 298 g/mol. The second kappa shape index (κ2) is 4.09. The molecule has 1 aromatic heterocycles. The minimum absolute atomic E-state index is 0.0328. The smallest absolute Gasteiger partial charge is 0.252 e. The van der Waals surface area contributed by atoms with Crippen LogP contribution in [0.25, 0.3) is 0 Å². The molecule has 2 rings (SSSR count). The Morgan fingerprint density at radius 2 is 2.00 bits per heavy atom. The van der Waals surface area contributed by atoms with Crippen molar-refractivity contribution >= 4 is 33.2 Å². The quantitative estimate of drug-likeness (QED) is 0.899. The Labute approximate surface area is 115 Å². The van der Waals surface area contributed by atoms with Crippen LogP contribution in [0, 0.1) is 16.7 Å². The third-order valence-electron chi connectivity index (χ3n) is 4.62. The zero-order valence-corrected chi connectivity index (χ0v) is 13.0. The Kier molecular flexibility index (Phi) is 3.15. The fraction of sp³-hybridized carbons (Fsp3) is 0.615. The van der Waals surface area contributed by atoms with Gasteiger partial charge in [-0.1, -0.05) is 27.7 Å². The van der Waals surface area contributed by atoms with Gasteiger partial charge in [-0.3, -0.25) is 4.79 Å². The minimum Gasteiger partial charge on any atom is -0.352 e. The zero-order valence-electron chi connectivity index (χ0n) is 10.6. The molecule has 1 aromatic rings. The lowest BCUT2D eigenvalue weighted by molar-refractivity contribution is 0.0950. The molecule has 0 unspecified atom stereocenters. The summed E-state index contributed by atoms with van der Waals surface area (Å²) in [4.78, 5) is 11.9. The van der Waals surface area contributed by atoms with Crippen LogP contribution in [-0.2, 0) is 0 Å². The second-order valence-corrected chi connectivity index (χ2v) is 8.14. The first-order valence-electron chi connectivity index (χ1n) is 5.79. The average molecular weight is 316 g/mol. The van der Waals surface area contributed by atoms with Crippen LogP contribution in [-0.4, -0.2) is 12.5 Å². The molecule has 1 amide bonds. The standard InChI is InChI=1S/C13H18BrNOS/c1-12(2)9(13(12,3)4)6-15-11(16)8-5-10(14)17-7-8/h5,7,9H,6H2,1-4H3,(H,15,16). The van der Waals surface area contributed by atoms with Crippen LogP contribution in [0.15, 0.2) is 15.2 Å². The first-order chi connectivity index (χ1) is 7.76. The lowest BCUT2D eigenvalue weighted by Gasteiger charge is -2.04. The van der Waals surface area contributed by atoms with Crippen molar-refractivity contribution in [1.29, 1.82) is 0 Å². The molecule has 0 spiro atoms. The molecule has 2 nitrogen and oxygen atoms in total. The number of hydrogen-bond donors (Lipinski definition) is 1. The number of rotatable bonds is 3. The molecular formula is C13H18BrNOS. The van der Waals surface area contributed by atoms with Crippen molar-refractivity contribution in [2.75, 3.05) is 6.54 Å². The lowest BCUT2D eigenvalue weighted by atomic mass is 10.0. The molecule has 1 aliphatic carbocycles. The first kappa shape index (κ1) is 13.1. The number of halogens is 1.